The molecule has 5 heteroatoms. The maximum Gasteiger partial charge on any atom is 0.136 e. The number of likely N-dealkylation sites (tertiary alicyclic amines) is 1. The van der Waals surface area contributed by atoms with Crippen LogP contribution >= 0.6 is 0 Å². The molecule has 0 bridgehead atoms. The van der Waals surface area contributed by atoms with Crippen LogP contribution in [0.25, 0.3) is 5.65 Å². The zero-order valence-electron chi connectivity index (χ0n) is 14.8. The third kappa shape index (κ3) is 3.34. The minimum Gasteiger partial charge on any atom is -0.373 e. The first-order valence-corrected chi connectivity index (χ1v) is 9.22. The summed E-state index contributed by atoms with van der Waals surface area (Å²) in [5.74, 6) is 0. The number of imidazole rings is 1. The molecule has 4 heterocycles. The van der Waals surface area contributed by atoms with Crippen LogP contribution in [0.4, 0.5) is 0 Å². The topological polar surface area (TPSA) is 33.0 Å². The van der Waals surface area contributed by atoms with E-state index in [1.807, 2.05) is 12.3 Å². The highest BCUT2D eigenvalue weighted by Crippen LogP contribution is 2.23. The number of fused-ring (bicyclic) bond motifs is 1. The monoisotopic (exact) mass is 328 g/mol. The number of rotatable bonds is 4. The van der Waals surface area contributed by atoms with E-state index in [4.69, 9.17) is 4.74 Å². The van der Waals surface area contributed by atoms with Crippen LogP contribution in [0, 0.1) is 0 Å². The summed E-state index contributed by atoms with van der Waals surface area (Å²) >= 11 is 0. The Morgan fingerprint density at radius 1 is 1.21 bits per heavy atom. The van der Waals surface area contributed by atoms with Gasteiger partial charge in [0.15, 0.2) is 0 Å². The van der Waals surface area contributed by atoms with Gasteiger partial charge in [0.1, 0.15) is 5.65 Å². The normalized spacial score (nSPS) is 29.5. The Hall–Kier alpha value is -1.43. The largest absolute Gasteiger partial charge is 0.373 e. The van der Waals surface area contributed by atoms with E-state index in [0.29, 0.717) is 18.2 Å². The molecule has 2 saturated heterocycles. The molecule has 5 nitrogen and oxygen atoms in total. The second kappa shape index (κ2) is 6.82. The molecule has 4 rings (SSSR count). The van der Waals surface area contributed by atoms with Crippen LogP contribution in [0.2, 0.25) is 0 Å². The van der Waals surface area contributed by atoms with Crippen molar-refractivity contribution in [1.82, 2.24) is 19.2 Å². The molecule has 0 saturated carbocycles. The second-order valence-electron chi connectivity index (χ2n) is 7.42. The smallest absolute Gasteiger partial charge is 0.136 e. The zero-order valence-corrected chi connectivity index (χ0v) is 14.8. The molecule has 0 N–H and O–H groups in total. The summed E-state index contributed by atoms with van der Waals surface area (Å²) in [4.78, 5) is 9.76. The summed E-state index contributed by atoms with van der Waals surface area (Å²) in [5.41, 5.74) is 2.33. The third-order valence-electron chi connectivity index (χ3n) is 5.32. The maximum absolute atomic E-state index is 5.87. The van der Waals surface area contributed by atoms with Crippen LogP contribution < -0.4 is 0 Å². The van der Waals surface area contributed by atoms with E-state index in [9.17, 15) is 0 Å². The van der Waals surface area contributed by atoms with Gasteiger partial charge < -0.3 is 9.14 Å². The van der Waals surface area contributed by atoms with Gasteiger partial charge in [-0.25, -0.2) is 4.98 Å². The average Bonchev–Trinajstić information content (AvgIpc) is 3.15. The van der Waals surface area contributed by atoms with Gasteiger partial charge in [-0.3, -0.25) is 9.80 Å². The van der Waals surface area contributed by atoms with Gasteiger partial charge in [0.2, 0.25) is 0 Å². The van der Waals surface area contributed by atoms with Crippen molar-refractivity contribution in [3.8, 4) is 0 Å². The number of hydrogen-bond acceptors (Lipinski definition) is 4. The standard InChI is InChI=1S/C19H28N4O/c1-15-11-21(12-16(2)24-15)13-17-6-5-8-22(17)14-18-10-20-19-7-3-4-9-23(18)19/h3-4,7,9-10,15-17H,5-6,8,11-14H2,1-2H3/t15-,16-,17-/m1/s1. The van der Waals surface area contributed by atoms with Crippen LogP contribution in [0.15, 0.2) is 30.6 Å². The van der Waals surface area contributed by atoms with E-state index >= 15 is 0 Å². The molecule has 0 unspecified atom stereocenters. The van der Waals surface area contributed by atoms with Gasteiger partial charge in [-0.2, -0.15) is 0 Å². The van der Waals surface area contributed by atoms with E-state index in [1.165, 1.54) is 25.1 Å². The van der Waals surface area contributed by atoms with Crippen molar-refractivity contribution >= 4 is 5.65 Å². The fourth-order valence-electron chi connectivity index (χ4n) is 4.35. The van der Waals surface area contributed by atoms with E-state index < -0.39 is 0 Å². The number of aromatic nitrogens is 2. The van der Waals surface area contributed by atoms with Crippen LogP contribution in [0.5, 0.6) is 0 Å². The molecule has 2 aliphatic rings. The number of ether oxygens (including phenoxy) is 1. The Labute approximate surface area is 144 Å². The van der Waals surface area contributed by atoms with Crippen molar-refractivity contribution < 1.29 is 4.74 Å². The van der Waals surface area contributed by atoms with E-state index in [1.54, 1.807) is 0 Å². The average molecular weight is 328 g/mol. The third-order valence-corrected chi connectivity index (χ3v) is 5.32. The Bertz CT molecular complexity index is 675. The first-order chi connectivity index (χ1) is 11.7. The Balaban J connectivity index is 1.43. The summed E-state index contributed by atoms with van der Waals surface area (Å²) in [6, 6.07) is 6.85. The van der Waals surface area contributed by atoms with Gasteiger partial charge in [0.05, 0.1) is 24.1 Å². The molecule has 3 atom stereocenters. The first-order valence-electron chi connectivity index (χ1n) is 9.22. The molecule has 0 radical (unpaired) electrons. The molecule has 0 spiro atoms. The second-order valence-corrected chi connectivity index (χ2v) is 7.42. The SMILES string of the molecule is C[C@@H]1CN(C[C@H]2CCCN2Cc2cnc3ccccn23)C[C@@H](C)O1. The summed E-state index contributed by atoms with van der Waals surface area (Å²) in [6.45, 7) is 9.84. The van der Waals surface area contributed by atoms with Gasteiger partial charge in [0.25, 0.3) is 0 Å². The van der Waals surface area contributed by atoms with Crippen LogP contribution in [-0.4, -0.2) is 63.6 Å². The predicted molar refractivity (Wildman–Crippen MR) is 95.1 cm³/mol. The summed E-state index contributed by atoms with van der Waals surface area (Å²) in [7, 11) is 0. The molecule has 130 valence electrons. The number of pyridine rings is 1. The molecule has 0 amide bonds. The predicted octanol–water partition coefficient (Wildman–Crippen LogP) is 2.41. The highest BCUT2D eigenvalue weighted by molar-refractivity contribution is 5.39. The minimum atomic E-state index is 0.349. The Morgan fingerprint density at radius 3 is 2.88 bits per heavy atom. The number of morpholine rings is 1. The quantitative estimate of drug-likeness (QED) is 0.863. The van der Waals surface area contributed by atoms with Crippen molar-refractivity contribution in [3.63, 3.8) is 0 Å². The van der Waals surface area contributed by atoms with Crippen LogP contribution in [0.3, 0.4) is 0 Å². The van der Waals surface area contributed by atoms with Crippen molar-refractivity contribution in [1.29, 1.82) is 0 Å². The zero-order chi connectivity index (χ0) is 16.5. The van der Waals surface area contributed by atoms with Crippen molar-refractivity contribution in [2.24, 2.45) is 0 Å². The summed E-state index contributed by atoms with van der Waals surface area (Å²) in [5, 5.41) is 0. The van der Waals surface area contributed by atoms with Gasteiger partial charge >= 0.3 is 0 Å². The molecular formula is C19H28N4O. The number of hydrogen-bond donors (Lipinski definition) is 0. The lowest BCUT2D eigenvalue weighted by atomic mass is 10.1. The maximum atomic E-state index is 5.87. The highest BCUT2D eigenvalue weighted by Gasteiger charge is 2.30. The first kappa shape index (κ1) is 16.1. The lowest BCUT2D eigenvalue weighted by Crippen LogP contribution is -2.50. The van der Waals surface area contributed by atoms with E-state index in [2.05, 4.69) is 51.4 Å². The number of nitrogens with zero attached hydrogens (tertiary/aromatic N) is 4. The molecule has 0 aromatic carbocycles. The Kier molecular flexibility index (Phi) is 4.57. The molecule has 2 aromatic rings. The molecular weight excluding hydrogens is 300 g/mol. The molecule has 2 aliphatic heterocycles. The van der Waals surface area contributed by atoms with Crippen LogP contribution in [0.1, 0.15) is 32.4 Å². The van der Waals surface area contributed by atoms with E-state index in [-0.39, 0.29) is 0 Å². The highest BCUT2D eigenvalue weighted by atomic mass is 16.5. The molecule has 0 aliphatic carbocycles. The molecule has 2 fully saturated rings. The van der Waals surface area contributed by atoms with Crippen molar-refractivity contribution in [3.05, 3.63) is 36.3 Å². The fourth-order valence-corrected chi connectivity index (χ4v) is 4.35. The molecule has 2 aromatic heterocycles. The van der Waals surface area contributed by atoms with Crippen LogP contribution in [-0.2, 0) is 11.3 Å². The lowest BCUT2D eigenvalue weighted by Gasteiger charge is -2.38. The van der Waals surface area contributed by atoms with E-state index in [0.717, 1.165) is 31.8 Å². The summed E-state index contributed by atoms with van der Waals surface area (Å²) < 4.78 is 8.09. The fraction of sp³-hybridized carbons (Fsp3) is 0.632. The van der Waals surface area contributed by atoms with Crippen molar-refractivity contribution in [2.45, 2.75) is 51.5 Å². The Morgan fingerprint density at radius 2 is 2.04 bits per heavy atom. The van der Waals surface area contributed by atoms with Gasteiger partial charge in [-0.15, -0.1) is 0 Å². The lowest BCUT2D eigenvalue weighted by molar-refractivity contribution is -0.0724. The van der Waals surface area contributed by atoms with Gasteiger partial charge in [-0.05, 0) is 45.4 Å². The summed E-state index contributed by atoms with van der Waals surface area (Å²) in [6.07, 6.45) is 7.45. The minimum absolute atomic E-state index is 0.349. The van der Waals surface area contributed by atoms with Crippen molar-refractivity contribution in [2.75, 3.05) is 26.2 Å². The van der Waals surface area contributed by atoms with Gasteiger partial charge in [-0.1, -0.05) is 6.07 Å². The van der Waals surface area contributed by atoms with Gasteiger partial charge in [0, 0.05) is 38.4 Å². The molecule has 24 heavy (non-hydrogen) atoms.